The van der Waals surface area contributed by atoms with Gasteiger partial charge in [0.15, 0.2) is 5.71 Å². The Kier molecular flexibility index (Phi) is 1.79. The molecule has 0 heterocycles. The highest BCUT2D eigenvalue weighted by Gasteiger charge is 2.22. The van der Waals surface area contributed by atoms with Gasteiger partial charge in [-0.1, -0.05) is 0 Å². The summed E-state index contributed by atoms with van der Waals surface area (Å²) < 4.78 is 13.7. The van der Waals surface area contributed by atoms with E-state index in [1.807, 2.05) is 0 Å². The molecule has 3 heteroatoms. The number of fused-ring (bicyclic) bond motifs is 1. The zero-order chi connectivity index (χ0) is 9.42. The van der Waals surface area contributed by atoms with Crippen LogP contribution in [0.4, 0.5) is 4.39 Å². The van der Waals surface area contributed by atoms with E-state index in [0.717, 1.165) is 34.4 Å². The van der Waals surface area contributed by atoms with E-state index in [-0.39, 0.29) is 5.82 Å². The fourth-order valence-corrected chi connectivity index (χ4v) is 1.77. The lowest BCUT2D eigenvalue weighted by molar-refractivity contribution is -0.423. The number of aryl methyl sites for hydroxylation is 1. The molecule has 0 atom stereocenters. The quantitative estimate of drug-likeness (QED) is 0.338. The summed E-state index contributed by atoms with van der Waals surface area (Å²) in [5.74, 6) is -0.228. The zero-order valence-corrected chi connectivity index (χ0v) is 7.38. The predicted octanol–water partition coefficient (Wildman–Crippen LogP) is 1.70. The Labute approximate surface area is 75.9 Å². The van der Waals surface area contributed by atoms with Gasteiger partial charge in [0, 0.05) is 12.0 Å². The van der Waals surface area contributed by atoms with Gasteiger partial charge in [0.2, 0.25) is 0 Å². The highest BCUT2D eigenvalue weighted by atomic mass is 19.1. The third-order valence-corrected chi connectivity index (χ3v) is 2.39. The number of hydrogen-bond donors (Lipinski definition) is 0. The minimum Gasteiger partial charge on any atom is -0.624 e. The maximum atomic E-state index is 12.8. The van der Waals surface area contributed by atoms with Crippen molar-refractivity contribution < 1.29 is 9.13 Å². The van der Waals surface area contributed by atoms with E-state index in [1.165, 1.54) is 19.2 Å². The molecule has 0 amide bonds. The predicted molar refractivity (Wildman–Crippen MR) is 48.4 cm³/mol. The van der Waals surface area contributed by atoms with Crippen LogP contribution in [0.25, 0.3) is 0 Å². The normalized spacial score (nSPS) is 18.6. The Morgan fingerprint density at radius 1 is 1.38 bits per heavy atom. The lowest BCUT2D eigenvalue weighted by Gasteiger charge is -2.01. The molecule has 0 fully saturated rings. The summed E-state index contributed by atoms with van der Waals surface area (Å²) in [6.07, 6.45) is 1.49. The fourth-order valence-electron chi connectivity index (χ4n) is 1.77. The van der Waals surface area contributed by atoms with E-state index in [2.05, 4.69) is 0 Å². The van der Waals surface area contributed by atoms with Crippen molar-refractivity contribution in [3.8, 4) is 0 Å². The van der Waals surface area contributed by atoms with E-state index in [4.69, 9.17) is 0 Å². The van der Waals surface area contributed by atoms with Crippen molar-refractivity contribution in [1.82, 2.24) is 0 Å². The third kappa shape index (κ3) is 1.30. The highest BCUT2D eigenvalue weighted by Crippen LogP contribution is 2.22. The van der Waals surface area contributed by atoms with Gasteiger partial charge in [-0.3, -0.25) is 0 Å². The molecule has 0 N–H and O–H groups in total. The van der Waals surface area contributed by atoms with Crippen LogP contribution in [0.3, 0.4) is 0 Å². The molecule has 1 aliphatic rings. The van der Waals surface area contributed by atoms with E-state index >= 15 is 0 Å². The fraction of sp³-hybridized carbons (Fsp3) is 0.300. The monoisotopic (exact) mass is 179 g/mol. The molecule has 2 rings (SSSR count). The average Bonchev–Trinajstić information content (AvgIpc) is 2.46. The largest absolute Gasteiger partial charge is 0.624 e. The van der Waals surface area contributed by atoms with Crippen molar-refractivity contribution in [3.05, 3.63) is 40.4 Å². The molecular formula is C10H10FNO. The first-order valence-corrected chi connectivity index (χ1v) is 4.24. The third-order valence-electron chi connectivity index (χ3n) is 2.39. The molecule has 0 aromatic heterocycles. The topological polar surface area (TPSA) is 26.1 Å². The molecule has 0 bridgehead atoms. The standard InChI is InChI=1S/C10H10FNO/c1-12(13)10-5-2-7-6-8(11)3-4-9(7)10/h3-4,6H,2,5H2,1H3/b12-10-. The van der Waals surface area contributed by atoms with Crippen molar-refractivity contribution in [1.29, 1.82) is 0 Å². The van der Waals surface area contributed by atoms with Gasteiger partial charge >= 0.3 is 0 Å². The average molecular weight is 179 g/mol. The minimum atomic E-state index is -0.228. The number of benzene rings is 1. The van der Waals surface area contributed by atoms with Crippen LogP contribution in [-0.2, 0) is 6.42 Å². The second-order valence-corrected chi connectivity index (χ2v) is 3.25. The van der Waals surface area contributed by atoms with Crippen molar-refractivity contribution in [2.45, 2.75) is 12.8 Å². The zero-order valence-electron chi connectivity index (χ0n) is 7.38. The van der Waals surface area contributed by atoms with Gasteiger partial charge in [0.05, 0.1) is 0 Å². The summed E-state index contributed by atoms with van der Waals surface area (Å²) in [4.78, 5) is 0. The van der Waals surface area contributed by atoms with Crippen LogP contribution in [0, 0.1) is 11.0 Å². The van der Waals surface area contributed by atoms with E-state index < -0.39 is 0 Å². The molecule has 0 unspecified atom stereocenters. The molecule has 0 radical (unpaired) electrons. The maximum absolute atomic E-state index is 12.8. The molecule has 0 spiro atoms. The van der Waals surface area contributed by atoms with Crippen LogP contribution in [-0.4, -0.2) is 17.5 Å². The summed E-state index contributed by atoms with van der Waals surface area (Å²) >= 11 is 0. The first-order valence-electron chi connectivity index (χ1n) is 4.24. The number of nitrogens with zero attached hydrogens (tertiary/aromatic N) is 1. The second-order valence-electron chi connectivity index (χ2n) is 3.25. The van der Waals surface area contributed by atoms with Crippen molar-refractivity contribution >= 4 is 5.71 Å². The van der Waals surface area contributed by atoms with Crippen LogP contribution in [0.2, 0.25) is 0 Å². The Morgan fingerprint density at radius 3 is 2.85 bits per heavy atom. The van der Waals surface area contributed by atoms with Crippen LogP contribution >= 0.6 is 0 Å². The molecule has 68 valence electrons. The Morgan fingerprint density at radius 2 is 2.15 bits per heavy atom. The van der Waals surface area contributed by atoms with Gasteiger partial charge in [-0.25, -0.2) is 9.13 Å². The lowest BCUT2D eigenvalue weighted by Crippen LogP contribution is -2.09. The summed E-state index contributed by atoms with van der Waals surface area (Å²) in [7, 11) is 1.48. The van der Waals surface area contributed by atoms with E-state index in [1.54, 1.807) is 6.07 Å². The van der Waals surface area contributed by atoms with Crippen LogP contribution in [0.1, 0.15) is 17.5 Å². The van der Waals surface area contributed by atoms with Gasteiger partial charge in [-0.15, -0.1) is 0 Å². The summed E-state index contributed by atoms with van der Waals surface area (Å²) in [6.45, 7) is 0. The first kappa shape index (κ1) is 8.23. The van der Waals surface area contributed by atoms with Crippen LogP contribution < -0.4 is 0 Å². The number of hydroxylamine groups is 1. The van der Waals surface area contributed by atoms with Crippen molar-refractivity contribution in [2.24, 2.45) is 0 Å². The van der Waals surface area contributed by atoms with Crippen LogP contribution in [0.5, 0.6) is 0 Å². The minimum absolute atomic E-state index is 0.228. The van der Waals surface area contributed by atoms with E-state index in [9.17, 15) is 9.60 Å². The number of halogens is 1. The maximum Gasteiger partial charge on any atom is 0.194 e. The van der Waals surface area contributed by atoms with Gasteiger partial charge in [0.25, 0.3) is 0 Å². The smallest absolute Gasteiger partial charge is 0.194 e. The van der Waals surface area contributed by atoms with Crippen molar-refractivity contribution in [3.63, 3.8) is 0 Å². The number of rotatable bonds is 0. The van der Waals surface area contributed by atoms with Crippen LogP contribution in [0.15, 0.2) is 18.2 Å². The molecule has 13 heavy (non-hydrogen) atoms. The summed E-state index contributed by atoms with van der Waals surface area (Å²) in [6, 6.07) is 4.58. The Bertz CT molecular complexity index is 381. The first-order chi connectivity index (χ1) is 6.18. The molecule has 1 aliphatic carbocycles. The molecule has 0 saturated carbocycles. The molecule has 0 aliphatic heterocycles. The van der Waals surface area contributed by atoms with Gasteiger partial charge < -0.3 is 5.21 Å². The lowest BCUT2D eigenvalue weighted by atomic mass is 10.1. The number of hydrogen-bond acceptors (Lipinski definition) is 1. The molecule has 2 nitrogen and oxygen atoms in total. The molecular weight excluding hydrogens is 169 g/mol. The molecule has 1 aromatic rings. The van der Waals surface area contributed by atoms with Gasteiger partial charge in [-0.05, 0) is 30.2 Å². The Balaban J connectivity index is 2.56. The highest BCUT2D eigenvalue weighted by molar-refractivity contribution is 6.01. The van der Waals surface area contributed by atoms with Gasteiger partial charge in [0.1, 0.15) is 12.9 Å². The second kappa shape index (κ2) is 2.83. The van der Waals surface area contributed by atoms with Gasteiger partial charge in [-0.2, -0.15) is 0 Å². The summed E-state index contributed by atoms with van der Waals surface area (Å²) in [5.41, 5.74) is 2.60. The van der Waals surface area contributed by atoms with E-state index in [0.29, 0.717) is 0 Å². The Hall–Kier alpha value is -1.38. The SMILES string of the molecule is C/[N+]([O-])=C1\CCc2cc(F)ccc21. The summed E-state index contributed by atoms with van der Waals surface area (Å²) in [5, 5.41) is 11.1. The molecule has 0 saturated heterocycles. The molecule has 1 aromatic carbocycles. The van der Waals surface area contributed by atoms with Crippen molar-refractivity contribution in [2.75, 3.05) is 7.05 Å².